The van der Waals surface area contributed by atoms with E-state index in [2.05, 4.69) is 18.0 Å². The maximum absolute atomic E-state index is 11.6. The van der Waals surface area contributed by atoms with Crippen molar-refractivity contribution in [1.82, 2.24) is 9.72 Å². The number of hydrogen-bond acceptors (Lipinski definition) is 7. The third kappa shape index (κ3) is 7.74. The number of aliphatic hydroxyl groups excluding tert-OH is 2. The number of ether oxygens (including phenoxy) is 2. The van der Waals surface area contributed by atoms with Crippen LogP contribution in [0.25, 0.3) is 11.1 Å². The number of hydrogen-bond donors (Lipinski definition) is 2. The molecule has 0 saturated carbocycles. The van der Waals surface area contributed by atoms with Crippen LogP contribution in [0.1, 0.15) is 34.2 Å². The molecule has 2 N–H and O–H groups in total. The largest absolute Gasteiger partial charge is 1.00 e. The average molecular weight is 543 g/mol. The van der Waals surface area contributed by atoms with Crippen LogP contribution in [-0.2, 0) is 13.2 Å². The van der Waals surface area contributed by atoms with Gasteiger partial charge in [-0.3, -0.25) is 9.53 Å². The Morgan fingerprint density at radius 2 is 1.67 bits per heavy atom. The molecule has 4 aromatic rings. The molecule has 39 heavy (non-hydrogen) atoms. The van der Waals surface area contributed by atoms with E-state index in [1.54, 1.807) is 24.3 Å². The van der Waals surface area contributed by atoms with Gasteiger partial charge < -0.3 is 29.2 Å². The Morgan fingerprint density at radius 3 is 2.28 bits per heavy atom. The van der Waals surface area contributed by atoms with Crippen LogP contribution in [-0.4, -0.2) is 34.3 Å². The minimum Gasteiger partial charge on any atom is -0.493 e. The summed E-state index contributed by atoms with van der Waals surface area (Å²) in [5, 5.41) is 18.5. The van der Waals surface area contributed by atoms with Crippen molar-refractivity contribution in [2.75, 3.05) is 13.2 Å². The van der Waals surface area contributed by atoms with Crippen LogP contribution in [0, 0.1) is 20.8 Å². The van der Waals surface area contributed by atoms with E-state index in [4.69, 9.17) is 19.1 Å². The molecule has 1 aromatic heterocycles. The van der Waals surface area contributed by atoms with E-state index in [1.165, 1.54) is 0 Å². The van der Waals surface area contributed by atoms with Gasteiger partial charge in [0.25, 0.3) is 0 Å². The molecule has 3 aromatic carbocycles. The van der Waals surface area contributed by atoms with E-state index in [-0.39, 0.29) is 42.7 Å². The summed E-state index contributed by atoms with van der Waals surface area (Å²) >= 11 is 0. The van der Waals surface area contributed by atoms with Crippen LogP contribution in [0.5, 0.6) is 11.5 Å². The molecule has 10 heteroatoms. The van der Waals surface area contributed by atoms with E-state index in [9.17, 15) is 14.7 Å². The van der Waals surface area contributed by atoms with E-state index in [0.717, 1.165) is 49.4 Å². The van der Waals surface area contributed by atoms with Crippen molar-refractivity contribution in [2.24, 2.45) is 0 Å². The molecule has 0 fully saturated rings. The fraction of sp³-hybridized carbons (Fsp3) is 0.310. The van der Waals surface area contributed by atoms with Crippen LogP contribution >= 0.6 is 0 Å². The molecule has 0 spiro atoms. The van der Waals surface area contributed by atoms with Gasteiger partial charge in [0.1, 0.15) is 18.1 Å². The molecule has 0 aliphatic heterocycles. The second kappa shape index (κ2) is 13.8. The molecule has 0 unspecified atom stereocenters. The van der Waals surface area contributed by atoms with E-state index < -0.39 is 17.5 Å². The Balaban J connectivity index is 0.00000420. The third-order valence-electron chi connectivity index (χ3n) is 6.38. The van der Waals surface area contributed by atoms with Crippen molar-refractivity contribution in [3.63, 3.8) is 0 Å². The summed E-state index contributed by atoms with van der Waals surface area (Å²) < 4.78 is 17.5. The maximum Gasteiger partial charge on any atom is 1.00 e. The fourth-order valence-electron chi connectivity index (χ4n) is 4.35. The first-order valence-electron chi connectivity index (χ1n) is 12.3. The predicted molar refractivity (Wildman–Crippen MR) is 142 cm³/mol. The molecular formula is C29H31N2NaO7. The number of nitrogens with zero attached hydrogens (tertiary/aromatic N) is 2. The zero-order valence-electron chi connectivity index (χ0n) is 22.6. The van der Waals surface area contributed by atoms with Crippen molar-refractivity contribution < 1.29 is 53.8 Å². The van der Waals surface area contributed by atoms with Gasteiger partial charge in [0, 0.05) is 13.0 Å². The van der Waals surface area contributed by atoms with Gasteiger partial charge in [0.15, 0.2) is 5.69 Å². The molecule has 0 aliphatic carbocycles. The fourth-order valence-corrected chi connectivity index (χ4v) is 4.35. The maximum atomic E-state index is 11.6. The van der Waals surface area contributed by atoms with Crippen molar-refractivity contribution in [3.05, 3.63) is 103 Å². The van der Waals surface area contributed by atoms with Crippen LogP contribution in [0.3, 0.4) is 0 Å². The van der Waals surface area contributed by atoms with Crippen LogP contribution in [0.4, 0.5) is 0 Å². The quantitative estimate of drug-likeness (QED) is 0.256. The third-order valence-corrected chi connectivity index (χ3v) is 6.38. The molecule has 200 valence electrons. The molecule has 0 amide bonds. The minimum atomic E-state index is -0.905. The molecule has 0 radical (unpaired) electrons. The average Bonchev–Trinajstić information content (AvgIpc) is 3.20. The van der Waals surface area contributed by atoms with Crippen molar-refractivity contribution in [2.45, 2.75) is 46.4 Å². The number of benzene rings is 3. The SMILES string of the molecule is Cc1cc(OCC[C@@H](O)CO)cc(C)c1-c1cccc(COc2ccc(Cn3oc(=O)[n-]c3=O)cc2)c1C.[Na+]. The van der Waals surface area contributed by atoms with Crippen molar-refractivity contribution in [3.8, 4) is 22.6 Å². The number of aryl methyl sites for hydroxylation is 2. The van der Waals surface area contributed by atoms with Gasteiger partial charge >= 0.3 is 35.3 Å². The Hall–Kier alpha value is -3.08. The van der Waals surface area contributed by atoms with E-state index in [0.29, 0.717) is 25.4 Å². The van der Waals surface area contributed by atoms with Gasteiger partial charge in [-0.1, -0.05) is 30.3 Å². The smallest absolute Gasteiger partial charge is 0.493 e. The second-order valence-corrected chi connectivity index (χ2v) is 9.22. The van der Waals surface area contributed by atoms with Crippen LogP contribution in [0.2, 0.25) is 0 Å². The Labute approximate surface area is 248 Å². The molecule has 0 saturated heterocycles. The summed E-state index contributed by atoms with van der Waals surface area (Å²) in [7, 11) is 0. The molecule has 1 atom stereocenters. The van der Waals surface area contributed by atoms with Gasteiger partial charge in [-0.05, 0) is 84.0 Å². The van der Waals surface area contributed by atoms with Crippen LogP contribution < -0.4 is 55.5 Å². The molecule has 9 nitrogen and oxygen atoms in total. The molecule has 1 heterocycles. The Kier molecular flexibility index (Phi) is 10.8. The number of aliphatic hydroxyl groups is 2. The second-order valence-electron chi connectivity index (χ2n) is 9.22. The first-order valence-corrected chi connectivity index (χ1v) is 12.3. The molecule has 4 rings (SSSR count). The van der Waals surface area contributed by atoms with E-state index >= 15 is 0 Å². The van der Waals surface area contributed by atoms with Crippen molar-refractivity contribution >= 4 is 0 Å². The van der Waals surface area contributed by atoms with Gasteiger partial charge in [-0.15, -0.1) is 0 Å². The molecule has 0 bridgehead atoms. The number of aromatic nitrogens is 2. The van der Waals surface area contributed by atoms with Gasteiger partial charge in [-0.2, -0.15) is 0 Å². The Bertz CT molecular complexity index is 1480. The normalized spacial score (nSPS) is 11.6. The zero-order chi connectivity index (χ0) is 27.2. The Morgan fingerprint density at radius 1 is 0.974 bits per heavy atom. The summed E-state index contributed by atoms with van der Waals surface area (Å²) in [6, 6.07) is 17.4. The monoisotopic (exact) mass is 542 g/mol. The standard InChI is InChI=1S/C29H32N2O7.Na/c1-18-13-25(36-12-11-23(33)16-32)14-19(2)27(18)26-6-4-5-22(20(26)3)17-37-24-9-7-21(8-10-24)15-31-28(34)30-29(35)38-31;/h4-10,13-14,23,32-33H,11-12,15-17H2,1-3H3,(H,30,34,35);/q;+1/p-1/t23-;/m1./s1. The summed E-state index contributed by atoms with van der Waals surface area (Å²) in [4.78, 5) is 25.9. The molecular weight excluding hydrogens is 511 g/mol. The number of rotatable bonds is 11. The molecule has 0 aliphatic rings. The van der Waals surface area contributed by atoms with Gasteiger partial charge in [-0.25, -0.2) is 4.79 Å². The summed E-state index contributed by atoms with van der Waals surface area (Å²) in [6.07, 6.45) is -0.412. The first kappa shape index (κ1) is 30.5. The van der Waals surface area contributed by atoms with Gasteiger partial charge in [0.2, 0.25) is 0 Å². The van der Waals surface area contributed by atoms with Crippen molar-refractivity contribution in [1.29, 1.82) is 0 Å². The summed E-state index contributed by atoms with van der Waals surface area (Å²) in [6.45, 7) is 6.72. The van der Waals surface area contributed by atoms with E-state index in [1.807, 2.05) is 38.1 Å². The zero-order valence-corrected chi connectivity index (χ0v) is 24.6. The topological polar surface area (TPSA) is 125 Å². The predicted octanol–water partition coefficient (Wildman–Crippen LogP) is 0.104. The summed E-state index contributed by atoms with van der Waals surface area (Å²) in [5.74, 6) is 0.501. The first-order chi connectivity index (χ1) is 18.2. The van der Waals surface area contributed by atoms with Gasteiger partial charge in [0.05, 0.1) is 19.3 Å². The minimum absolute atomic E-state index is 0. The van der Waals surface area contributed by atoms with Crippen LogP contribution in [0.15, 0.2) is 68.7 Å². The summed E-state index contributed by atoms with van der Waals surface area (Å²) in [5.41, 5.74) is 6.65.